The van der Waals surface area contributed by atoms with Gasteiger partial charge < -0.3 is 15.3 Å². The fourth-order valence-electron chi connectivity index (χ4n) is 2.19. The topological polar surface area (TPSA) is 60.7 Å². The van der Waals surface area contributed by atoms with Gasteiger partial charge >= 0.3 is 0 Å². The molecule has 0 aromatic carbocycles. The molecule has 0 aromatic heterocycles. The highest BCUT2D eigenvalue weighted by Crippen LogP contribution is 2.35. The van der Waals surface area contributed by atoms with E-state index in [1.54, 1.807) is 6.92 Å². The maximum absolute atomic E-state index is 9.79. The standard InChI is InChI=1S/C10H20O3/c1-7-3-4-8(9(12)5-7)10(2,13)6-11/h7-9,11-13H,3-6H2,1-2H3/t7-,8-,9-,10?/m1/s1. The van der Waals surface area contributed by atoms with E-state index in [2.05, 4.69) is 6.92 Å². The molecule has 1 aliphatic rings. The van der Waals surface area contributed by atoms with E-state index >= 15 is 0 Å². The van der Waals surface area contributed by atoms with Crippen LogP contribution in [0.25, 0.3) is 0 Å². The van der Waals surface area contributed by atoms with Crippen LogP contribution >= 0.6 is 0 Å². The Morgan fingerprint density at radius 1 is 1.38 bits per heavy atom. The van der Waals surface area contributed by atoms with Crippen molar-refractivity contribution in [1.82, 2.24) is 0 Å². The van der Waals surface area contributed by atoms with Gasteiger partial charge in [-0.25, -0.2) is 0 Å². The molecule has 0 amide bonds. The Morgan fingerprint density at radius 3 is 2.46 bits per heavy atom. The summed E-state index contributed by atoms with van der Waals surface area (Å²) in [4.78, 5) is 0. The lowest BCUT2D eigenvalue weighted by molar-refractivity contribution is -0.108. The summed E-state index contributed by atoms with van der Waals surface area (Å²) < 4.78 is 0. The molecule has 1 unspecified atom stereocenters. The van der Waals surface area contributed by atoms with Crippen molar-refractivity contribution in [3.63, 3.8) is 0 Å². The molecular formula is C10H20O3. The average Bonchev–Trinajstić information content (AvgIpc) is 2.03. The van der Waals surface area contributed by atoms with Gasteiger partial charge in [0.05, 0.1) is 18.3 Å². The number of rotatable bonds is 2. The van der Waals surface area contributed by atoms with Gasteiger partial charge in [0, 0.05) is 5.92 Å². The molecule has 0 saturated heterocycles. The monoisotopic (exact) mass is 188 g/mol. The van der Waals surface area contributed by atoms with Gasteiger partial charge in [0.1, 0.15) is 0 Å². The van der Waals surface area contributed by atoms with E-state index in [-0.39, 0.29) is 12.5 Å². The van der Waals surface area contributed by atoms with Crippen LogP contribution in [-0.2, 0) is 0 Å². The lowest BCUT2D eigenvalue weighted by atomic mass is 9.73. The van der Waals surface area contributed by atoms with Gasteiger partial charge in [-0.05, 0) is 25.7 Å². The Labute approximate surface area is 79.4 Å². The van der Waals surface area contributed by atoms with Crippen LogP contribution in [-0.4, -0.2) is 33.6 Å². The minimum Gasteiger partial charge on any atom is -0.393 e. The number of aliphatic hydroxyl groups is 3. The molecule has 1 saturated carbocycles. The first-order chi connectivity index (χ1) is 5.97. The first-order valence-corrected chi connectivity index (χ1v) is 4.98. The Morgan fingerprint density at radius 2 is 2.00 bits per heavy atom. The van der Waals surface area contributed by atoms with Crippen molar-refractivity contribution in [3.05, 3.63) is 0 Å². The summed E-state index contributed by atoms with van der Waals surface area (Å²) in [7, 11) is 0. The van der Waals surface area contributed by atoms with E-state index in [9.17, 15) is 10.2 Å². The molecular weight excluding hydrogens is 168 g/mol. The Bertz CT molecular complexity index is 168. The second-order valence-electron chi connectivity index (χ2n) is 4.61. The fraction of sp³-hybridized carbons (Fsp3) is 1.00. The van der Waals surface area contributed by atoms with Crippen LogP contribution in [0, 0.1) is 11.8 Å². The molecule has 0 heterocycles. The van der Waals surface area contributed by atoms with Crippen molar-refractivity contribution in [3.8, 4) is 0 Å². The van der Waals surface area contributed by atoms with Crippen LogP contribution in [0.4, 0.5) is 0 Å². The van der Waals surface area contributed by atoms with Gasteiger partial charge in [0.25, 0.3) is 0 Å². The summed E-state index contributed by atoms with van der Waals surface area (Å²) in [6, 6.07) is 0. The summed E-state index contributed by atoms with van der Waals surface area (Å²) in [5, 5.41) is 28.5. The smallest absolute Gasteiger partial charge is 0.0902 e. The van der Waals surface area contributed by atoms with E-state index in [0.29, 0.717) is 5.92 Å². The van der Waals surface area contributed by atoms with E-state index in [0.717, 1.165) is 19.3 Å². The summed E-state index contributed by atoms with van der Waals surface area (Å²) in [6.07, 6.45) is 2.10. The molecule has 78 valence electrons. The van der Waals surface area contributed by atoms with Gasteiger partial charge in [-0.2, -0.15) is 0 Å². The molecule has 4 atom stereocenters. The quantitative estimate of drug-likeness (QED) is 0.592. The van der Waals surface area contributed by atoms with Crippen molar-refractivity contribution in [2.45, 2.75) is 44.8 Å². The van der Waals surface area contributed by atoms with Crippen molar-refractivity contribution in [2.75, 3.05) is 6.61 Å². The molecule has 0 aliphatic heterocycles. The fourth-order valence-corrected chi connectivity index (χ4v) is 2.19. The third-order valence-corrected chi connectivity index (χ3v) is 3.20. The Hall–Kier alpha value is -0.120. The molecule has 1 fully saturated rings. The molecule has 3 N–H and O–H groups in total. The minimum absolute atomic E-state index is 0.173. The van der Waals surface area contributed by atoms with Crippen LogP contribution in [0.5, 0.6) is 0 Å². The molecule has 1 rings (SSSR count). The van der Waals surface area contributed by atoms with Crippen LogP contribution in [0.15, 0.2) is 0 Å². The summed E-state index contributed by atoms with van der Waals surface area (Å²) in [6.45, 7) is 3.42. The summed E-state index contributed by atoms with van der Waals surface area (Å²) in [5.41, 5.74) is -1.13. The average molecular weight is 188 g/mol. The number of hydrogen-bond donors (Lipinski definition) is 3. The predicted molar refractivity (Wildman–Crippen MR) is 50.2 cm³/mol. The van der Waals surface area contributed by atoms with Gasteiger partial charge in [0.15, 0.2) is 0 Å². The molecule has 1 aliphatic carbocycles. The Balaban J connectivity index is 2.60. The molecule has 0 spiro atoms. The van der Waals surface area contributed by atoms with E-state index in [1.165, 1.54) is 0 Å². The molecule has 3 nitrogen and oxygen atoms in total. The van der Waals surface area contributed by atoms with Gasteiger partial charge in [-0.15, -0.1) is 0 Å². The molecule has 3 heteroatoms. The first kappa shape index (κ1) is 11.0. The summed E-state index contributed by atoms with van der Waals surface area (Å²) in [5.74, 6) is 0.356. The van der Waals surface area contributed by atoms with Crippen LogP contribution in [0.2, 0.25) is 0 Å². The van der Waals surface area contributed by atoms with Crippen molar-refractivity contribution in [2.24, 2.45) is 11.8 Å². The predicted octanol–water partition coefficient (Wildman–Crippen LogP) is 0.527. The lowest BCUT2D eigenvalue weighted by Gasteiger charge is -2.39. The number of hydrogen-bond acceptors (Lipinski definition) is 3. The van der Waals surface area contributed by atoms with Crippen LogP contribution in [0.3, 0.4) is 0 Å². The third kappa shape index (κ3) is 2.42. The largest absolute Gasteiger partial charge is 0.393 e. The van der Waals surface area contributed by atoms with Crippen molar-refractivity contribution in [1.29, 1.82) is 0 Å². The second-order valence-corrected chi connectivity index (χ2v) is 4.61. The summed E-state index contributed by atoms with van der Waals surface area (Å²) >= 11 is 0. The van der Waals surface area contributed by atoms with Crippen molar-refractivity contribution < 1.29 is 15.3 Å². The first-order valence-electron chi connectivity index (χ1n) is 4.98. The van der Waals surface area contributed by atoms with Gasteiger partial charge in [0.2, 0.25) is 0 Å². The second kappa shape index (κ2) is 3.95. The van der Waals surface area contributed by atoms with E-state index < -0.39 is 11.7 Å². The van der Waals surface area contributed by atoms with E-state index in [1.807, 2.05) is 0 Å². The van der Waals surface area contributed by atoms with Crippen LogP contribution < -0.4 is 0 Å². The highest BCUT2D eigenvalue weighted by Gasteiger charge is 2.39. The zero-order chi connectivity index (χ0) is 10.1. The molecule has 0 radical (unpaired) electrons. The van der Waals surface area contributed by atoms with Crippen molar-refractivity contribution >= 4 is 0 Å². The zero-order valence-electron chi connectivity index (χ0n) is 8.40. The molecule has 0 bridgehead atoms. The molecule has 0 aromatic rings. The Kier molecular flexibility index (Phi) is 3.33. The maximum Gasteiger partial charge on any atom is 0.0902 e. The highest BCUT2D eigenvalue weighted by molar-refractivity contribution is 4.90. The third-order valence-electron chi connectivity index (χ3n) is 3.20. The van der Waals surface area contributed by atoms with Gasteiger partial charge in [-0.3, -0.25) is 0 Å². The normalized spacial score (nSPS) is 39.9. The SMILES string of the molecule is C[C@@H]1CC[C@@H](C(C)(O)CO)[C@H](O)C1. The molecule has 13 heavy (non-hydrogen) atoms. The van der Waals surface area contributed by atoms with Crippen LogP contribution in [0.1, 0.15) is 33.1 Å². The lowest BCUT2D eigenvalue weighted by Crippen LogP contribution is -2.47. The zero-order valence-corrected chi connectivity index (χ0v) is 8.40. The highest BCUT2D eigenvalue weighted by atomic mass is 16.3. The van der Waals surface area contributed by atoms with E-state index in [4.69, 9.17) is 5.11 Å². The van der Waals surface area contributed by atoms with Gasteiger partial charge in [-0.1, -0.05) is 13.3 Å². The maximum atomic E-state index is 9.79. The number of aliphatic hydroxyl groups excluding tert-OH is 2. The minimum atomic E-state index is -1.13.